The molecule has 0 bridgehead atoms. The maximum atomic E-state index is 5.48. The monoisotopic (exact) mass is 364 g/mol. The van der Waals surface area contributed by atoms with Crippen molar-refractivity contribution in [3.8, 4) is 5.75 Å². The Hall–Kier alpha value is -2.70. The highest BCUT2D eigenvalue weighted by atomic mass is 16.5. The summed E-state index contributed by atoms with van der Waals surface area (Å²) in [5.41, 5.74) is 2.53. The molecule has 140 valence electrons. The quantitative estimate of drug-likeness (QED) is 0.645. The summed E-state index contributed by atoms with van der Waals surface area (Å²) in [6.45, 7) is 4.51. The van der Waals surface area contributed by atoms with Crippen molar-refractivity contribution in [3.05, 3.63) is 77.4 Å². The molecule has 1 aliphatic heterocycles. The van der Waals surface area contributed by atoms with Crippen LogP contribution >= 0.6 is 0 Å². The van der Waals surface area contributed by atoms with Crippen molar-refractivity contribution in [2.24, 2.45) is 0 Å². The number of rotatable bonds is 7. The molecule has 0 saturated carbocycles. The van der Waals surface area contributed by atoms with Crippen molar-refractivity contribution in [2.45, 2.75) is 32.8 Å². The highest BCUT2D eigenvalue weighted by molar-refractivity contribution is 5.27. The summed E-state index contributed by atoms with van der Waals surface area (Å²) in [6, 6.07) is 18.8. The van der Waals surface area contributed by atoms with Crippen molar-refractivity contribution >= 4 is 0 Å². The largest absolute Gasteiger partial charge is 0.497 e. The predicted molar refractivity (Wildman–Crippen MR) is 102 cm³/mol. The molecule has 2 aromatic carbocycles. The van der Waals surface area contributed by atoms with Crippen molar-refractivity contribution in [2.75, 3.05) is 13.7 Å². The normalized spacial score (nSPS) is 13.6. The summed E-state index contributed by atoms with van der Waals surface area (Å²) in [5, 5.41) is 8.71. The Kier molecular flexibility index (Phi) is 5.46. The third-order valence-corrected chi connectivity index (χ3v) is 4.77. The fraction of sp³-hybridized carbons (Fsp3) is 0.333. The van der Waals surface area contributed by atoms with Crippen LogP contribution in [0.1, 0.15) is 22.8 Å². The molecular formula is C21H24N4O2. The van der Waals surface area contributed by atoms with Gasteiger partial charge in [-0.3, -0.25) is 4.90 Å². The lowest BCUT2D eigenvalue weighted by atomic mass is 10.1. The number of nitrogens with zero attached hydrogens (tertiary/aromatic N) is 4. The maximum absolute atomic E-state index is 5.48. The van der Waals surface area contributed by atoms with E-state index in [1.165, 1.54) is 11.1 Å². The van der Waals surface area contributed by atoms with Crippen LogP contribution in [-0.4, -0.2) is 33.4 Å². The molecule has 2 heterocycles. The molecule has 0 unspecified atom stereocenters. The van der Waals surface area contributed by atoms with Gasteiger partial charge < -0.3 is 14.0 Å². The summed E-state index contributed by atoms with van der Waals surface area (Å²) in [7, 11) is 1.69. The van der Waals surface area contributed by atoms with Gasteiger partial charge in [0.15, 0.2) is 5.82 Å². The summed E-state index contributed by atoms with van der Waals surface area (Å²) in [5.74, 6) is 2.79. The van der Waals surface area contributed by atoms with E-state index in [0.717, 1.165) is 50.2 Å². The molecule has 0 fully saturated rings. The molecular weight excluding hydrogens is 340 g/mol. The molecule has 0 aliphatic carbocycles. The second kappa shape index (κ2) is 8.33. The Morgan fingerprint density at radius 2 is 1.70 bits per heavy atom. The van der Waals surface area contributed by atoms with Crippen LogP contribution in [0.15, 0.2) is 54.6 Å². The van der Waals surface area contributed by atoms with E-state index in [1.807, 2.05) is 18.2 Å². The van der Waals surface area contributed by atoms with E-state index < -0.39 is 0 Å². The van der Waals surface area contributed by atoms with Gasteiger partial charge in [0.05, 0.1) is 20.3 Å². The predicted octanol–water partition coefficient (Wildman–Crippen LogP) is 3.02. The highest BCUT2D eigenvalue weighted by Gasteiger charge is 2.18. The standard InChI is InChI=1S/C21H24N4O2/c1-26-19-9-7-18(8-10-19)14-24(13-17-5-3-2-4-6-17)15-20-22-23-21-16-27-12-11-25(20)21/h2-10H,11-16H2,1H3. The van der Waals surface area contributed by atoms with Crippen molar-refractivity contribution < 1.29 is 9.47 Å². The molecule has 0 spiro atoms. The third kappa shape index (κ3) is 4.35. The smallest absolute Gasteiger partial charge is 0.159 e. The first-order valence-electron chi connectivity index (χ1n) is 9.20. The molecule has 0 N–H and O–H groups in total. The van der Waals surface area contributed by atoms with Gasteiger partial charge in [0.1, 0.15) is 18.2 Å². The van der Waals surface area contributed by atoms with Gasteiger partial charge in [-0.1, -0.05) is 42.5 Å². The number of hydrogen-bond acceptors (Lipinski definition) is 5. The van der Waals surface area contributed by atoms with Crippen LogP contribution < -0.4 is 4.74 Å². The molecule has 4 rings (SSSR count). The van der Waals surface area contributed by atoms with Crippen LogP contribution in [0, 0.1) is 0 Å². The number of hydrogen-bond donors (Lipinski definition) is 0. The highest BCUT2D eigenvalue weighted by Crippen LogP contribution is 2.18. The van der Waals surface area contributed by atoms with Crippen LogP contribution in [0.2, 0.25) is 0 Å². The zero-order valence-electron chi connectivity index (χ0n) is 15.5. The van der Waals surface area contributed by atoms with E-state index >= 15 is 0 Å². The van der Waals surface area contributed by atoms with E-state index in [4.69, 9.17) is 9.47 Å². The third-order valence-electron chi connectivity index (χ3n) is 4.77. The molecule has 6 nitrogen and oxygen atoms in total. The zero-order valence-corrected chi connectivity index (χ0v) is 15.5. The molecule has 27 heavy (non-hydrogen) atoms. The van der Waals surface area contributed by atoms with E-state index in [-0.39, 0.29) is 0 Å². The summed E-state index contributed by atoms with van der Waals surface area (Å²) in [4.78, 5) is 2.39. The minimum atomic E-state index is 0.546. The maximum Gasteiger partial charge on any atom is 0.159 e. The molecule has 0 atom stereocenters. The average molecular weight is 364 g/mol. The van der Waals surface area contributed by atoms with Gasteiger partial charge in [-0.2, -0.15) is 0 Å². The molecule has 1 aromatic heterocycles. The Morgan fingerprint density at radius 1 is 0.963 bits per heavy atom. The van der Waals surface area contributed by atoms with Gasteiger partial charge in [-0.15, -0.1) is 10.2 Å². The van der Waals surface area contributed by atoms with Crippen LogP contribution in [0.3, 0.4) is 0 Å². The van der Waals surface area contributed by atoms with E-state index in [0.29, 0.717) is 6.61 Å². The number of ether oxygens (including phenoxy) is 2. The molecule has 0 radical (unpaired) electrons. The lowest BCUT2D eigenvalue weighted by molar-refractivity contribution is 0.0794. The number of methoxy groups -OCH3 is 1. The first kappa shape index (κ1) is 17.7. The molecule has 0 saturated heterocycles. The minimum Gasteiger partial charge on any atom is -0.497 e. The first-order chi connectivity index (χ1) is 13.3. The fourth-order valence-electron chi connectivity index (χ4n) is 3.37. The second-order valence-corrected chi connectivity index (χ2v) is 6.72. The fourth-order valence-corrected chi connectivity index (χ4v) is 3.37. The van der Waals surface area contributed by atoms with Gasteiger partial charge in [-0.25, -0.2) is 0 Å². The molecule has 1 aliphatic rings. The number of benzene rings is 2. The van der Waals surface area contributed by atoms with E-state index in [1.54, 1.807) is 7.11 Å². The van der Waals surface area contributed by atoms with Crippen LogP contribution in [0.4, 0.5) is 0 Å². The van der Waals surface area contributed by atoms with E-state index in [2.05, 4.69) is 56.1 Å². The molecule has 6 heteroatoms. The second-order valence-electron chi connectivity index (χ2n) is 6.72. The average Bonchev–Trinajstić information content (AvgIpc) is 3.12. The SMILES string of the molecule is COc1ccc(CN(Cc2ccccc2)Cc2nnc3n2CCOC3)cc1. The minimum absolute atomic E-state index is 0.546. The van der Waals surface area contributed by atoms with Gasteiger partial charge in [0.25, 0.3) is 0 Å². The summed E-state index contributed by atoms with van der Waals surface area (Å²) < 4.78 is 12.9. The Balaban J connectivity index is 1.54. The van der Waals surface area contributed by atoms with Gasteiger partial charge in [0, 0.05) is 19.6 Å². The first-order valence-corrected chi connectivity index (χ1v) is 9.20. The molecule has 3 aromatic rings. The Bertz CT molecular complexity index is 862. The van der Waals surface area contributed by atoms with Crippen LogP contribution in [0.5, 0.6) is 5.75 Å². The lowest BCUT2D eigenvalue weighted by Gasteiger charge is -2.23. The molecule has 0 amide bonds. The Morgan fingerprint density at radius 3 is 2.44 bits per heavy atom. The topological polar surface area (TPSA) is 52.4 Å². The van der Waals surface area contributed by atoms with Gasteiger partial charge in [-0.05, 0) is 23.3 Å². The van der Waals surface area contributed by atoms with Gasteiger partial charge >= 0.3 is 0 Å². The lowest BCUT2D eigenvalue weighted by Crippen LogP contribution is -2.26. The number of aromatic nitrogens is 3. The zero-order chi connectivity index (χ0) is 18.5. The summed E-state index contributed by atoms with van der Waals surface area (Å²) in [6.07, 6.45) is 0. The van der Waals surface area contributed by atoms with Crippen molar-refractivity contribution in [3.63, 3.8) is 0 Å². The van der Waals surface area contributed by atoms with Crippen LogP contribution in [0.25, 0.3) is 0 Å². The van der Waals surface area contributed by atoms with Crippen molar-refractivity contribution in [1.82, 2.24) is 19.7 Å². The number of fused-ring (bicyclic) bond motifs is 1. The van der Waals surface area contributed by atoms with Gasteiger partial charge in [0.2, 0.25) is 0 Å². The Labute approximate surface area is 159 Å². The van der Waals surface area contributed by atoms with Crippen LogP contribution in [-0.2, 0) is 37.5 Å². The summed E-state index contributed by atoms with van der Waals surface area (Å²) >= 11 is 0. The van der Waals surface area contributed by atoms with E-state index in [9.17, 15) is 0 Å². The van der Waals surface area contributed by atoms with Crippen molar-refractivity contribution in [1.29, 1.82) is 0 Å².